The molecule has 23 heavy (non-hydrogen) atoms. The molecule has 0 saturated carbocycles. The predicted molar refractivity (Wildman–Crippen MR) is 90.1 cm³/mol. The Kier molecular flexibility index (Phi) is 4.95. The molecule has 2 aliphatic rings. The van der Waals surface area contributed by atoms with E-state index >= 15 is 0 Å². The Morgan fingerprint density at radius 3 is 2.83 bits per heavy atom. The minimum atomic E-state index is -0.228. The lowest BCUT2D eigenvalue weighted by Gasteiger charge is -2.07. The second kappa shape index (κ2) is 7.31. The largest absolute Gasteiger partial charge is 0.493 e. The van der Waals surface area contributed by atoms with E-state index in [2.05, 4.69) is 17.1 Å². The van der Waals surface area contributed by atoms with Gasteiger partial charge < -0.3 is 9.15 Å². The molecule has 5 nitrogen and oxygen atoms in total. The van der Waals surface area contributed by atoms with E-state index in [0.717, 1.165) is 17.6 Å². The van der Waals surface area contributed by atoms with Gasteiger partial charge in [-0.3, -0.25) is 4.79 Å². The van der Waals surface area contributed by atoms with Crippen LogP contribution in [0.5, 0.6) is 5.75 Å². The lowest BCUT2D eigenvalue weighted by atomic mass is 10.1. The van der Waals surface area contributed by atoms with Crippen LogP contribution in [0.2, 0.25) is 0 Å². The fourth-order valence-corrected chi connectivity index (χ4v) is 2.67. The van der Waals surface area contributed by atoms with Crippen LogP contribution >= 0.6 is 0 Å². The number of hydrogen-bond acceptors (Lipinski definition) is 4. The summed E-state index contributed by atoms with van der Waals surface area (Å²) in [7, 11) is 0. The van der Waals surface area contributed by atoms with Gasteiger partial charge in [0.1, 0.15) is 16.9 Å². The van der Waals surface area contributed by atoms with Crippen LogP contribution in [0.15, 0.2) is 33.5 Å². The first kappa shape index (κ1) is 15.6. The van der Waals surface area contributed by atoms with Gasteiger partial charge in [-0.05, 0) is 24.6 Å². The highest BCUT2D eigenvalue weighted by Gasteiger charge is 2.14. The molecule has 0 spiro atoms. The van der Waals surface area contributed by atoms with Gasteiger partial charge in [0.25, 0.3) is 5.56 Å². The zero-order valence-electron chi connectivity index (χ0n) is 13.4. The summed E-state index contributed by atoms with van der Waals surface area (Å²) >= 11 is 0. The van der Waals surface area contributed by atoms with E-state index in [-0.39, 0.29) is 5.56 Å². The first-order chi connectivity index (χ1) is 11.3. The van der Waals surface area contributed by atoms with Crippen LogP contribution in [-0.4, -0.2) is 16.8 Å². The van der Waals surface area contributed by atoms with Gasteiger partial charge in [0.2, 0.25) is 5.89 Å². The lowest BCUT2D eigenvalue weighted by Crippen LogP contribution is -1.99. The van der Waals surface area contributed by atoms with Crippen LogP contribution < -0.4 is 10.3 Å². The molecule has 0 aromatic heterocycles. The summed E-state index contributed by atoms with van der Waals surface area (Å²) in [5.74, 6) is 1.11. The van der Waals surface area contributed by atoms with Crippen LogP contribution in [-0.2, 0) is 0 Å². The Bertz CT molecular complexity index is 791. The number of nitrogens with one attached hydrogen (secondary N) is 1. The number of ether oxygens (including phenoxy) is 1. The average molecular weight is 314 g/mol. The van der Waals surface area contributed by atoms with Gasteiger partial charge in [-0.25, -0.2) is 5.10 Å². The summed E-state index contributed by atoms with van der Waals surface area (Å²) in [4.78, 5) is 11.6. The molecule has 0 fully saturated rings. The van der Waals surface area contributed by atoms with Crippen molar-refractivity contribution in [1.29, 1.82) is 0 Å². The summed E-state index contributed by atoms with van der Waals surface area (Å²) in [5, 5.41) is 7.13. The molecule has 0 amide bonds. The maximum absolute atomic E-state index is 11.6. The highest BCUT2D eigenvalue weighted by Crippen LogP contribution is 2.27. The van der Waals surface area contributed by atoms with Gasteiger partial charge in [-0.1, -0.05) is 39.0 Å². The quantitative estimate of drug-likeness (QED) is 0.627. The molecule has 0 saturated heterocycles. The second-order valence-electron chi connectivity index (χ2n) is 5.83. The normalized spacial score (nSPS) is 11.3. The molecule has 0 aliphatic carbocycles. The monoisotopic (exact) mass is 314 g/mol. The number of hydrogen-bond donors (Lipinski definition) is 1. The minimum Gasteiger partial charge on any atom is -0.493 e. The third kappa shape index (κ3) is 3.73. The van der Waals surface area contributed by atoms with Gasteiger partial charge in [0, 0.05) is 11.5 Å². The maximum Gasteiger partial charge on any atom is 0.277 e. The topological polar surface area (TPSA) is 68.1 Å². The van der Waals surface area contributed by atoms with Crippen molar-refractivity contribution in [3.05, 3.63) is 34.6 Å². The van der Waals surface area contributed by atoms with E-state index in [4.69, 9.17) is 9.15 Å². The predicted octanol–water partition coefficient (Wildman–Crippen LogP) is 4.36. The molecule has 1 N–H and O–H groups in total. The maximum atomic E-state index is 11.6. The van der Waals surface area contributed by atoms with Crippen molar-refractivity contribution in [2.24, 2.45) is 0 Å². The zero-order chi connectivity index (χ0) is 16.1. The highest BCUT2D eigenvalue weighted by molar-refractivity contribution is 5.82. The number of aromatic amines is 1. The molecule has 1 aromatic carbocycles. The van der Waals surface area contributed by atoms with Gasteiger partial charge >= 0.3 is 0 Å². The molecule has 2 aliphatic heterocycles. The van der Waals surface area contributed by atoms with Crippen molar-refractivity contribution in [2.45, 2.75) is 45.4 Å². The number of rotatable bonds is 8. The molecule has 0 radical (unpaired) electrons. The fourth-order valence-electron chi connectivity index (χ4n) is 2.67. The van der Waals surface area contributed by atoms with Gasteiger partial charge in [0.15, 0.2) is 0 Å². The van der Waals surface area contributed by atoms with E-state index in [0.29, 0.717) is 23.6 Å². The number of H-pyrrole nitrogens is 1. The molecule has 2 heterocycles. The Hall–Kier alpha value is -2.30. The van der Waals surface area contributed by atoms with Gasteiger partial charge in [-0.2, -0.15) is 0 Å². The minimum absolute atomic E-state index is 0.228. The van der Waals surface area contributed by atoms with E-state index < -0.39 is 0 Å². The van der Waals surface area contributed by atoms with E-state index in [1.54, 1.807) is 6.07 Å². The summed E-state index contributed by atoms with van der Waals surface area (Å²) < 4.78 is 11.4. The Morgan fingerprint density at radius 2 is 1.96 bits per heavy atom. The number of unbranched alkanes of at least 4 members (excludes halogenated alkanes) is 5. The summed E-state index contributed by atoms with van der Waals surface area (Å²) in [5.41, 5.74) is 0.914. The van der Waals surface area contributed by atoms with Crippen molar-refractivity contribution in [3.8, 4) is 17.2 Å². The van der Waals surface area contributed by atoms with Crippen molar-refractivity contribution in [2.75, 3.05) is 6.61 Å². The van der Waals surface area contributed by atoms with Crippen molar-refractivity contribution < 1.29 is 9.15 Å². The number of nitrogens with zero attached hydrogens (tertiary/aromatic N) is 1. The first-order valence-corrected chi connectivity index (χ1v) is 8.32. The first-order valence-electron chi connectivity index (χ1n) is 8.32. The van der Waals surface area contributed by atoms with E-state index in [1.807, 2.05) is 18.2 Å². The molecule has 5 heteroatoms. The lowest BCUT2D eigenvalue weighted by molar-refractivity contribution is 0.304. The van der Waals surface area contributed by atoms with Crippen LogP contribution in [0.1, 0.15) is 45.4 Å². The number of benzene rings is 1. The van der Waals surface area contributed by atoms with Gasteiger partial charge in [0.05, 0.1) is 6.61 Å². The fraction of sp³-hybridized carbons (Fsp3) is 0.444. The van der Waals surface area contributed by atoms with Crippen molar-refractivity contribution >= 4 is 11.0 Å². The zero-order valence-corrected chi connectivity index (χ0v) is 13.4. The summed E-state index contributed by atoms with van der Waals surface area (Å²) in [6.45, 7) is 2.94. The SMILES string of the molecule is CCCCCCCCOc1ccc2cc3c(=O)[nH]nc-3oc2c1. The highest BCUT2D eigenvalue weighted by atomic mass is 16.5. The van der Waals surface area contributed by atoms with E-state index in [9.17, 15) is 4.79 Å². The Labute approximate surface area is 135 Å². The molecule has 122 valence electrons. The Balaban J connectivity index is 1.61. The number of fused-ring (bicyclic) bond motifs is 2. The smallest absolute Gasteiger partial charge is 0.277 e. The summed E-state index contributed by atoms with van der Waals surface area (Å²) in [6.07, 6.45) is 7.45. The Morgan fingerprint density at radius 1 is 1.13 bits per heavy atom. The summed E-state index contributed by atoms with van der Waals surface area (Å²) in [6, 6.07) is 7.45. The van der Waals surface area contributed by atoms with Crippen LogP contribution in [0.4, 0.5) is 0 Å². The van der Waals surface area contributed by atoms with Crippen LogP contribution in [0, 0.1) is 0 Å². The third-order valence-electron chi connectivity index (χ3n) is 3.99. The third-order valence-corrected chi connectivity index (χ3v) is 3.99. The standard InChI is InChI=1S/C18H22N2O3/c1-2-3-4-5-6-7-10-22-14-9-8-13-11-15-17(21)19-20-18(15)23-16(13)12-14/h8-9,11-12H,2-7,10H2,1H3,(H,19,21). The van der Waals surface area contributed by atoms with Crippen molar-refractivity contribution in [1.82, 2.24) is 10.2 Å². The van der Waals surface area contributed by atoms with Crippen LogP contribution in [0.3, 0.4) is 0 Å². The molecule has 0 bridgehead atoms. The number of aromatic nitrogens is 2. The van der Waals surface area contributed by atoms with Crippen LogP contribution in [0.25, 0.3) is 22.4 Å². The molecule has 0 atom stereocenters. The van der Waals surface area contributed by atoms with Crippen molar-refractivity contribution in [3.63, 3.8) is 0 Å². The second-order valence-corrected chi connectivity index (χ2v) is 5.83. The molecular weight excluding hydrogens is 292 g/mol. The molecule has 1 aromatic rings. The average Bonchev–Trinajstić information content (AvgIpc) is 2.92. The van der Waals surface area contributed by atoms with Gasteiger partial charge in [-0.15, -0.1) is 5.10 Å². The molecular formula is C18H22N2O3. The molecule has 3 rings (SSSR count). The molecule has 0 unspecified atom stereocenters. The van der Waals surface area contributed by atoms with E-state index in [1.165, 1.54) is 32.1 Å².